The van der Waals surface area contributed by atoms with E-state index < -0.39 is 0 Å². The third-order valence-electron chi connectivity index (χ3n) is 3.49. The van der Waals surface area contributed by atoms with Crippen molar-refractivity contribution in [2.24, 2.45) is 0 Å². The van der Waals surface area contributed by atoms with Crippen molar-refractivity contribution in [3.63, 3.8) is 0 Å². The number of rotatable bonds is 4. The Balaban J connectivity index is 2.15. The summed E-state index contributed by atoms with van der Waals surface area (Å²) in [5.74, 6) is 0. The van der Waals surface area contributed by atoms with E-state index in [0.717, 1.165) is 5.69 Å². The molecule has 4 heteroatoms. The van der Waals surface area contributed by atoms with Crippen LogP contribution in [0.25, 0.3) is 0 Å². The van der Waals surface area contributed by atoms with Crippen molar-refractivity contribution in [1.82, 2.24) is 0 Å². The van der Waals surface area contributed by atoms with Gasteiger partial charge in [-0.25, -0.2) is 0 Å². The van der Waals surface area contributed by atoms with Gasteiger partial charge in [-0.05, 0) is 49.1 Å². The summed E-state index contributed by atoms with van der Waals surface area (Å²) < 4.78 is 0. The Hall–Kier alpha value is -2.36. The molecule has 2 aromatic carbocycles. The minimum Gasteiger partial charge on any atom is -0.381 e. The first-order valence-corrected chi connectivity index (χ1v) is 6.52. The van der Waals surface area contributed by atoms with Gasteiger partial charge < -0.3 is 5.32 Å². The van der Waals surface area contributed by atoms with Crippen molar-refractivity contribution in [2.45, 2.75) is 27.3 Å². The van der Waals surface area contributed by atoms with Gasteiger partial charge in [0.05, 0.1) is 4.92 Å². The third kappa shape index (κ3) is 3.15. The van der Waals surface area contributed by atoms with Crippen molar-refractivity contribution in [3.05, 3.63) is 68.8 Å². The van der Waals surface area contributed by atoms with Crippen LogP contribution in [0.15, 0.2) is 36.4 Å². The van der Waals surface area contributed by atoms with Crippen LogP contribution >= 0.6 is 0 Å². The number of nitrogens with one attached hydrogen (secondary N) is 1. The molecule has 1 N–H and O–H groups in total. The van der Waals surface area contributed by atoms with Crippen LogP contribution in [-0.2, 0) is 6.54 Å². The van der Waals surface area contributed by atoms with Crippen molar-refractivity contribution in [3.8, 4) is 0 Å². The summed E-state index contributed by atoms with van der Waals surface area (Å²) in [5, 5.41) is 14.0. The van der Waals surface area contributed by atoms with E-state index in [1.165, 1.54) is 28.3 Å². The summed E-state index contributed by atoms with van der Waals surface area (Å²) in [6.07, 6.45) is 0. The molecule has 0 radical (unpaired) electrons. The van der Waals surface area contributed by atoms with Gasteiger partial charge in [-0.1, -0.05) is 18.2 Å². The first kappa shape index (κ1) is 14.1. The second-order valence-corrected chi connectivity index (χ2v) is 5.02. The van der Waals surface area contributed by atoms with Crippen molar-refractivity contribution in [2.75, 3.05) is 5.32 Å². The zero-order chi connectivity index (χ0) is 14.7. The predicted octanol–water partition coefficient (Wildman–Crippen LogP) is 4.13. The second-order valence-electron chi connectivity index (χ2n) is 5.02. The smallest absolute Gasteiger partial charge is 0.271 e. The first-order valence-electron chi connectivity index (χ1n) is 6.52. The van der Waals surface area contributed by atoms with Gasteiger partial charge in [0.25, 0.3) is 5.69 Å². The monoisotopic (exact) mass is 270 g/mol. The summed E-state index contributed by atoms with van der Waals surface area (Å²) >= 11 is 0. The fourth-order valence-electron chi connectivity index (χ4n) is 2.14. The van der Waals surface area contributed by atoms with Crippen LogP contribution in [0.4, 0.5) is 11.4 Å². The first-order chi connectivity index (χ1) is 9.47. The maximum absolute atomic E-state index is 10.7. The van der Waals surface area contributed by atoms with E-state index in [4.69, 9.17) is 0 Å². The molecule has 0 aliphatic rings. The standard InChI is InChI=1S/C16H18N2O2/c1-11-7-13(3)14(8-12(11)2)10-17-15-5-4-6-16(9-15)18(19)20/h4-9,17H,10H2,1-3H3. The van der Waals surface area contributed by atoms with Gasteiger partial charge in [0.1, 0.15) is 0 Å². The van der Waals surface area contributed by atoms with Crippen LogP contribution in [0.5, 0.6) is 0 Å². The highest BCUT2D eigenvalue weighted by Gasteiger charge is 2.06. The lowest BCUT2D eigenvalue weighted by atomic mass is 10.0. The average molecular weight is 270 g/mol. The number of benzene rings is 2. The van der Waals surface area contributed by atoms with Crippen molar-refractivity contribution < 1.29 is 4.92 Å². The number of nitrogens with zero attached hydrogens (tertiary/aromatic N) is 1. The SMILES string of the molecule is Cc1cc(C)c(CNc2cccc([N+](=O)[O-])c2)cc1C. The topological polar surface area (TPSA) is 55.2 Å². The molecule has 0 spiro atoms. The fraction of sp³-hybridized carbons (Fsp3) is 0.250. The van der Waals surface area contributed by atoms with Crippen LogP contribution in [-0.4, -0.2) is 4.92 Å². The number of non-ortho nitro benzene ring substituents is 1. The molecule has 104 valence electrons. The van der Waals surface area contributed by atoms with Crippen molar-refractivity contribution in [1.29, 1.82) is 0 Å². The molecule has 0 aliphatic heterocycles. The third-order valence-corrected chi connectivity index (χ3v) is 3.49. The molecule has 0 amide bonds. The molecule has 0 atom stereocenters. The Morgan fingerprint density at radius 3 is 2.45 bits per heavy atom. The summed E-state index contributed by atoms with van der Waals surface area (Å²) in [4.78, 5) is 10.4. The minimum absolute atomic E-state index is 0.104. The van der Waals surface area contributed by atoms with Gasteiger partial charge >= 0.3 is 0 Å². The largest absolute Gasteiger partial charge is 0.381 e. The maximum atomic E-state index is 10.7. The quantitative estimate of drug-likeness (QED) is 0.671. The van der Waals surface area contributed by atoms with E-state index in [9.17, 15) is 10.1 Å². The zero-order valence-electron chi connectivity index (χ0n) is 11.9. The van der Waals surface area contributed by atoms with Gasteiger partial charge in [0.2, 0.25) is 0 Å². The number of hydrogen-bond donors (Lipinski definition) is 1. The summed E-state index contributed by atoms with van der Waals surface area (Å²) in [6.45, 7) is 6.93. The van der Waals surface area contributed by atoms with Gasteiger partial charge in [0.15, 0.2) is 0 Å². The molecule has 2 rings (SSSR count). The fourth-order valence-corrected chi connectivity index (χ4v) is 2.14. The van der Waals surface area contributed by atoms with E-state index in [1.54, 1.807) is 12.1 Å². The highest BCUT2D eigenvalue weighted by atomic mass is 16.6. The van der Waals surface area contributed by atoms with E-state index in [0.29, 0.717) is 6.54 Å². The number of aryl methyl sites for hydroxylation is 3. The normalized spacial score (nSPS) is 10.3. The number of nitro groups is 1. The van der Waals surface area contributed by atoms with Gasteiger partial charge in [-0.3, -0.25) is 10.1 Å². The number of hydrogen-bond acceptors (Lipinski definition) is 3. The lowest BCUT2D eigenvalue weighted by Crippen LogP contribution is -2.03. The van der Waals surface area contributed by atoms with Gasteiger partial charge in [-0.2, -0.15) is 0 Å². The molecule has 0 bridgehead atoms. The average Bonchev–Trinajstić information content (AvgIpc) is 2.41. The summed E-state index contributed by atoms with van der Waals surface area (Å²) in [6, 6.07) is 10.9. The Morgan fingerprint density at radius 1 is 1.05 bits per heavy atom. The molecule has 0 unspecified atom stereocenters. The highest BCUT2D eigenvalue weighted by Crippen LogP contribution is 2.20. The van der Waals surface area contributed by atoms with Crippen LogP contribution in [0, 0.1) is 30.9 Å². The molecular formula is C16H18N2O2. The molecule has 0 aromatic heterocycles. The van der Waals surface area contributed by atoms with Crippen LogP contribution in [0.1, 0.15) is 22.3 Å². The maximum Gasteiger partial charge on any atom is 0.271 e. The Morgan fingerprint density at radius 2 is 1.75 bits per heavy atom. The van der Waals surface area contributed by atoms with Crippen molar-refractivity contribution >= 4 is 11.4 Å². The lowest BCUT2D eigenvalue weighted by molar-refractivity contribution is -0.384. The second kappa shape index (κ2) is 5.74. The van der Waals surface area contributed by atoms with E-state index in [-0.39, 0.29) is 10.6 Å². The molecule has 0 saturated heterocycles. The molecule has 0 aliphatic carbocycles. The molecule has 0 saturated carbocycles. The van der Waals surface area contributed by atoms with Crippen LogP contribution in [0.2, 0.25) is 0 Å². The molecule has 2 aromatic rings. The Labute approximate surface area is 118 Å². The molecule has 0 heterocycles. The van der Waals surface area contributed by atoms with E-state index in [2.05, 4.69) is 38.2 Å². The molecule has 20 heavy (non-hydrogen) atoms. The van der Waals surface area contributed by atoms with Crippen LogP contribution in [0.3, 0.4) is 0 Å². The Bertz CT molecular complexity index is 651. The highest BCUT2D eigenvalue weighted by molar-refractivity contribution is 5.51. The van der Waals surface area contributed by atoms with Gasteiger partial charge in [-0.15, -0.1) is 0 Å². The number of anilines is 1. The summed E-state index contributed by atoms with van der Waals surface area (Å²) in [7, 11) is 0. The minimum atomic E-state index is -0.382. The predicted molar refractivity (Wildman–Crippen MR) is 81.1 cm³/mol. The van der Waals surface area contributed by atoms with E-state index >= 15 is 0 Å². The Kier molecular flexibility index (Phi) is 4.03. The van der Waals surface area contributed by atoms with Crippen LogP contribution < -0.4 is 5.32 Å². The van der Waals surface area contributed by atoms with Gasteiger partial charge in [0, 0.05) is 24.4 Å². The zero-order valence-corrected chi connectivity index (χ0v) is 11.9. The molecule has 0 fully saturated rings. The summed E-state index contributed by atoms with van der Waals surface area (Å²) in [5.41, 5.74) is 5.84. The molecule has 4 nitrogen and oxygen atoms in total. The lowest BCUT2D eigenvalue weighted by Gasteiger charge is -2.11. The number of nitro benzene ring substituents is 1. The molecular weight excluding hydrogens is 252 g/mol. The van der Waals surface area contributed by atoms with E-state index in [1.807, 2.05) is 6.07 Å².